The Hall–Kier alpha value is -0.790. The van der Waals surface area contributed by atoms with Gasteiger partial charge in [0.15, 0.2) is 0 Å². The van der Waals surface area contributed by atoms with Crippen molar-refractivity contribution in [3.8, 4) is 0 Å². The maximum atomic E-state index is 10.9. The first-order chi connectivity index (χ1) is 5.22. The molecule has 0 bridgehead atoms. The van der Waals surface area contributed by atoms with Crippen molar-refractivity contribution in [2.24, 2.45) is 0 Å². The molecule has 0 heterocycles. The third kappa shape index (κ3) is 2.07. The Bertz CT molecular complexity index is 170. The van der Waals surface area contributed by atoms with Gasteiger partial charge >= 0.3 is 0 Å². The zero-order valence-electron chi connectivity index (χ0n) is 7.02. The van der Waals surface area contributed by atoms with E-state index in [0.717, 1.165) is 25.7 Å². The van der Waals surface area contributed by atoms with Gasteiger partial charge in [-0.1, -0.05) is 19.9 Å². The molecular formula is C9H15NO. The fourth-order valence-corrected chi connectivity index (χ4v) is 1.38. The monoisotopic (exact) mass is 153 g/mol. The SMILES string of the molecule is C=CC(=O)NC1(CCC)CC1. The van der Waals surface area contributed by atoms with Gasteiger partial charge in [-0.15, -0.1) is 0 Å². The molecule has 0 aromatic carbocycles. The first kappa shape index (κ1) is 8.31. The van der Waals surface area contributed by atoms with Gasteiger partial charge in [0.1, 0.15) is 0 Å². The van der Waals surface area contributed by atoms with E-state index in [-0.39, 0.29) is 11.4 Å². The number of amides is 1. The molecule has 1 saturated carbocycles. The van der Waals surface area contributed by atoms with Crippen molar-refractivity contribution in [1.82, 2.24) is 5.32 Å². The molecule has 0 radical (unpaired) electrons. The number of nitrogens with one attached hydrogen (secondary N) is 1. The summed E-state index contributed by atoms with van der Waals surface area (Å²) in [7, 11) is 0. The summed E-state index contributed by atoms with van der Waals surface area (Å²) in [5.41, 5.74) is 0.153. The predicted octanol–water partition coefficient (Wildman–Crippen LogP) is 1.62. The molecule has 1 fully saturated rings. The van der Waals surface area contributed by atoms with E-state index >= 15 is 0 Å². The third-order valence-electron chi connectivity index (χ3n) is 2.16. The zero-order chi connectivity index (χ0) is 8.32. The molecule has 0 atom stereocenters. The van der Waals surface area contributed by atoms with Crippen LogP contribution in [0.15, 0.2) is 12.7 Å². The van der Waals surface area contributed by atoms with Gasteiger partial charge in [-0.3, -0.25) is 4.79 Å². The summed E-state index contributed by atoms with van der Waals surface area (Å²) < 4.78 is 0. The highest BCUT2D eigenvalue weighted by atomic mass is 16.1. The van der Waals surface area contributed by atoms with Crippen LogP contribution in [-0.4, -0.2) is 11.4 Å². The van der Waals surface area contributed by atoms with Crippen molar-refractivity contribution in [2.45, 2.75) is 38.1 Å². The molecule has 0 unspecified atom stereocenters. The summed E-state index contributed by atoms with van der Waals surface area (Å²) in [6.45, 7) is 5.56. The van der Waals surface area contributed by atoms with Crippen LogP contribution in [0.25, 0.3) is 0 Å². The van der Waals surface area contributed by atoms with E-state index in [1.807, 2.05) is 0 Å². The fourth-order valence-electron chi connectivity index (χ4n) is 1.38. The molecule has 1 amide bonds. The van der Waals surface area contributed by atoms with Gasteiger partial charge in [0.05, 0.1) is 0 Å². The number of carbonyl (C=O) groups is 1. The lowest BCUT2D eigenvalue weighted by Gasteiger charge is -2.14. The lowest BCUT2D eigenvalue weighted by Crippen LogP contribution is -2.35. The second-order valence-electron chi connectivity index (χ2n) is 3.22. The van der Waals surface area contributed by atoms with Crippen molar-refractivity contribution >= 4 is 5.91 Å². The van der Waals surface area contributed by atoms with Crippen LogP contribution < -0.4 is 5.32 Å². The Balaban J connectivity index is 2.34. The summed E-state index contributed by atoms with van der Waals surface area (Å²) >= 11 is 0. The normalized spacial score (nSPS) is 19.0. The average Bonchev–Trinajstić information content (AvgIpc) is 2.70. The second kappa shape index (κ2) is 3.07. The van der Waals surface area contributed by atoms with Crippen LogP contribution in [0.2, 0.25) is 0 Å². The summed E-state index contributed by atoms with van der Waals surface area (Å²) in [5.74, 6) is -0.0315. The van der Waals surface area contributed by atoms with Crippen molar-refractivity contribution < 1.29 is 4.79 Å². The number of carbonyl (C=O) groups excluding carboxylic acids is 1. The first-order valence-corrected chi connectivity index (χ1v) is 4.17. The Labute approximate surface area is 67.7 Å². The van der Waals surface area contributed by atoms with Crippen LogP contribution in [0.3, 0.4) is 0 Å². The van der Waals surface area contributed by atoms with Crippen LogP contribution >= 0.6 is 0 Å². The molecule has 1 N–H and O–H groups in total. The molecular weight excluding hydrogens is 138 g/mol. The maximum Gasteiger partial charge on any atom is 0.243 e. The molecule has 1 aliphatic carbocycles. The highest BCUT2D eigenvalue weighted by Gasteiger charge is 2.42. The minimum Gasteiger partial charge on any atom is -0.347 e. The van der Waals surface area contributed by atoms with Crippen molar-refractivity contribution in [3.05, 3.63) is 12.7 Å². The molecule has 0 spiro atoms. The molecule has 2 heteroatoms. The standard InChI is InChI=1S/C9H15NO/c1-3-5-9(6-7-9)10-8(11)4-2/h4H,2-3,5-7H2,1H3,(H,10,11). The van der Waals surface area contributed by atoms with E-state index in [2.05, 4.69) is 18.8 Å². The van der Waals surface area contributed by atoms with E-state index in [1.54, 1.807) is 0 Å². The highest BCUT2D eigenvalue weighted by molar-refractivity contribution is 5.87. The third-order valence-corrected chi connectivity index (χ3v) is 2.16. The molecule has 1 aliphatic rings. The zero-order valence-corrected chi connectivity index (χ0v) is 7.02. The van der Waals surface area contributed by atoms with E-state index in [0.29, 0.717) is 0 Å². The lowest BCUT2D eigenvalue weighted by atomic mass is 10.1. The maximum absolute atomic E-state index is 10.9. The van der Waals surface area contributed by atoms with Crippen LogP contribution in [0, 0.1) is 0 Å². The van der Waals surface area contributed by atoms with E-state index in [1.165, 1.54) is 6.08 Å². The Kier molecular flexibility index (Phi) is 2.32. The summed E-state index contributed by atoms with van der Waals surface area (Å²) in [6, 6.07) is 0. The van der Waals surface area contributed by atoms with Crippen LogP contribution in [-0.2, 0) is 4.79 Å². The molecule has 0 aliphatic heterocycles. The van der Waals surface area contributed by atoms with Gasteiger partial charge < -0.3 is 5.32 Å². The van der Waals surface area contributed by atoms with Gasteiger partial charge in [0.25, 0.3) is 0 Å². The smallest absolute Gasteiger partial charge is 0.243 e. The summed E-state index contributed by atoms with van der Waals surface area (Å²) in [6.07, 6.45) is 5.86. The van der Waals surface area contributed by atoms with Crippen molar-refractivity contribution in [2.75, 3.05) is 0 Å². The fraction of sp³-hybridized carbons (Fsp3) is 0.667. The van der Waals surface area contributed by atoms with Gasteiger partial charge in [-0.2, -0.15) is 0 Å². The second-order valence-corrected chi connectivity index (χ2v) is 3.22. The van der Waals surface area contributed by atoms with Crippen LogP contribution in [0.1, 0.15) is 32.6 Å². The molecule has 1 rings (SSSR count). The minimum atomic E-state index is -0.0315. The molecule has 2 nitrogen and oxygen atoms in total. The first-order valence-electron chi connectivity index (χ1n) is 4.17. The topological polar surface area (TPSA) is 29.1 Å². The lowest BCUT2D eigenvalue weighted by molar-refractivity contribution is -0.117. The molecule has 0 aromatic heterocycles. The van der Waals surface area contributed by atoms with Crippen molar-refractivity contribution in [1.29, 1.82) is 0 Å². The summed E-state index contributed by atoms with van der Waals surface area (Å²) in [5, 5.41) is 2.96. The quantitative estimate of drug-likeness (QED) is 0.611. The van der Waals surface area contributed by atoms with E-state index in [4.69, 9.17) is 0 Å². The Morgan fingerprint density at radius 1 is 1.73 bits per heavy atom. The van der Waals surface area contributed by atoms with Gasteiger partial charge in [-0.25, -0.2) is 0 Å². The largest absolute Gasteiger partial charge is 0.347 e. The van der Waals surface area contributed by atoms with Gasteiger partial charge in [0, 0.05) is 5.54 Å². The minimum absolute atomic E-state index is 0.0315. The highest BCUT2D eigenvalue weighted by Crippen LogP contribution is 2.39. The average molecular weight is 153 g/mol. The molecule has 0 aromatic rings. The van der Waals surface area contributed by atoms with Gasteiger partial charge in [-0.05, 0) is 25.3 Å². The predicted molar refractivity (Wildman–Crippen MR) is 45.2 cm³/mol. The number of hydrogen-bond donors (Lipinski definition) is 1. The van der Waals surface area contributed by atoms with Crippen LogP contribution in [0.4, 0.5) is 0 Å². The Morgan fingerprint density at radius 2 is 2.36 bits per heavy atom. The van der Waals surface area contributed by atoms with E-state index in [9.17, 15) is 4.79 Å². The van der Waals surface area contributed by atoms with E-state index < -0.39 is 0 Å². The van der Waals surface area contributed by atoms with Crippen molar-refractivity contribution in [3.63, 3.8) is 0 Å². The number of rotatable bonds is 4. The molecule has 11 heavy (non-hydrogen) atoms. The molecule has 0 saturated heterocycles. The van der Waals surface area contributed by atoms with Gasteiger partial charge in [0.2, 0.25) is 5.91 Å². The Morgan fingerprint density at radius 3 is 2.73 bits per heavy atom. The van der Waals surface area contributed by atoms with Crippen LogP contribution in [0.5, 0.6) is 0 Å². The molecule has 62 valence electrons. The number of hydrogen-bond acceptors (Lipinski definition) is 1. The summed E-state index contributed by atoms with van der Waals surface area (Å²) in [4.78, 5) is 10.9.